The summed E-state index contributed by atoms with van der Waals surface area (Å²) in [6, 6.07) is 13.8. The molecule has 0 amide bonds. The molecule has 2 aliphatic rings. The molecule has 3 atom stereocenters. The number of epoxide rings is 1. The van der Waals surface area contributed by atoms with Gasteiger partial charge in [0, 0.05) is 29.8 Å². The number of aromatic hydroxyl groups is 1. The maximum Gasteiger partial charge on any atom is 0.115 e. The summed E-state index contributed by atoms with van der Waals surface area (Å²) in [5, 5.41) is 9.21. The topological polar surface area (TPSA) is 84.5 Å². The molecule has 1 aliphatic heterocycles. The Morgan fingerprint density at radius 1 is 1.04 bits per heavy atom. The van der Waals surface area contributed by atoms with Crippen molar-refractivity contribution < 1.29 is 19.9 Å². The summed E-state index contributed by atoms with van der Waals surface area (Å²) in [6.07, 6.45) is 5.46. The quantitative estimate of drug-likeness (QED) is 0.528. The lowest BCUT2D eigenvalue weighted by Gasteiger charge is -2.20. The largest absolute Gasteiger partial charge is 0.508 e. The van der Waals surface area contributed by atoms with E-state index in [4.69, 9.17) is 9.29 Å². The zero-order valence-electron chi connectivity index (χ0n) is 16.9. The molecule has 5 heteroatoms. The van der Waals surface area contributed by atoms with Gasteiger partial charge in [-0.1, -0.05) is 45.4 Å². The number of ether oxygens (including phenoxy) is 1. The van der Waals surface area contributed by atoms with Crippen molar-refractivity contribution in [1.82, 2.24) is 0 Å². The van der Waals surface area contributed by atoms with Crippen LogP contribution in [0.1, 0.15) is 56.2 Å². The molecule has 4 N–H and O–H groups in total. The Balaban J connectivity index is 0.000000193. The van der Waals surface area contributed by atoms with Gasteiger partial charge >= 0.3 is 0 Å². The minimum absolute atomic E-state index is 0. The SMILES string of the molecule is CCCC(c1ccc(O)cc1)C(C)C.O.OSc1ccc2c(c1)CC1OC1C2. The summed E-state index contributed by atoms with van der Waals surface area (Å²) >= 11 is 0.816. The first-order chi connectivity index (χ1) is 13.0. The van der Waals surface area contributed by atoms with E-state index >= 15 is 0 Å². The van der Waals surface area contributed by atoms with E-state index in [9.17, 15) is 5.11 Å². The van der Waals surface area contributed by atoms with Gasteiger partial charge in [0.1, 0.15) is 5.75 Å². The van der Waals surface area contributed by atoms with Gasteiger partial charge < -0.3 is 19.9 Å². The third-order valence-electron chi connectivity index (χ3n) is 5.54. The molecular weight excluding hydrogens is 372 g/mol. The summed E-state index contributed by atoms with van der Waals surface area (Å²) in [7, 11) is 0. The molecular formula is C23H32O4S. The third kappa shape index (κ3) is 5.74. The molecule has 0 saturated carbocycles. The highest BCUT2D eigenvalue weighted by Crippen LogP contribution is 2.37. The summed E-state index contributed by atoms with van der Waals surface area (Å²) in [5.41, 5.74) is 4.08. The summed E-state index contributed by atoms with van der Waals surface area (Å²) in [4.78, 5) is 0.929. The lowest BCUT2D eigenvalue weighted by atomic mass is 9.85. The molecule has 2 aromatic rings. The van der Waals surface area contributed by atoms with Crippen molar-refractivity contribution in [2.75, 3.05) is 0 Å². The molecule has 154 valence electrons. The summed E-state index contributed by atoms with van der Waals surface area (Å²) in [5.74, 6) is 1.65. The van der Waals surface area contributed by atoms with Crippen molar-refractivity contribution in [3.8, 4) is 5.75 Å². The molecule has 1 heterocycles. The summed E-state index contributed by atoms with van der Waals surface area (Å²) < 4.78 is 14.4. The van der Waals surface area contributed by atoms with E-state index in [-0.39, 0.29) is 5.48 Å². The van der Waals surface area contributed by atoms with Gasteiger partial charge in [-0.25, -0.2) is 0 Å². The molecule has 1 fully saturated rings. The van der Waals surface area contributed by atoms with Crippen molar-refractivity contribution in [2.24, 2.45) is 5.92 Å². The first-order valence-corrected chi connectivity index (χ1v) is 10.7. The molecule has 0 aromatic heterocycles. The number of phenols is 1. The van der Waals surface area contributed by atoms with Crippen LogP contribution in [0.5, 0.6) is 5.75 Å². The van der Waals surface area contributed by atoms with Crippen molar-refractivity contribution in [3.05, 3.63) is 59.2 Å². The van der Waals surface area contributed by atoms with Gasteiger partial charge in [-0.3, -0.25) is 0 Å². The highest BCUT2D eigenvalue weighted by atomic mass is 32.2. The second kappa shape index (κ2) is 10.3. The molecule has 0 spiro atoms. The van der Waals surface area contributed by atoms with Crippen LogP contribution < -0.4 is 0 Å². The standard InChI is InChI=1S/C13H20O.C10H10O2S.H2O/c1-4-5-13(10(2)3)11-6-8-12(14)9-7-11;11-13-8-2-1-6-4-9-10(12-9)5-7(6)3-8;/h6-10,13-14H,4-5H2,1-3H3;1-3,9-11H,4-5H2;1H2. The predicted octanol–water partition coefficient (Wildman–Crippen LogP) is 5.22. The van der Waals surface area contributed by atoms with Crippen molar-refractivity contribution >= 4 is 12.0 Å². The average molecular weight is 405 g/mol. The van der Waals surface area contributed by atoms with Crippen LogP contribution in [0.15, 0.2) is 47.4 Å². The molecule has 3 unspecified atom stereocenters. The molecule has 1 aliphatic carbocycles. The smallest absolute Gasteiger partial charge is 0.115 e. The van der Waals surface area contributed by atoms with Gasteiger partial charge in [0.2, 0.25) is 0 Å². The Morgan fingerprint density at radius 2 is 1.68 bits per heavy atom. The number of rotatable bonds is 5. The van der Waals surface area contributed by atoms with E-state index in [1.165, 1.54) is 29.5 Å². The fourth-order valence-corrected chi connectivity index (χ4v) is 4.26. The zero-order valence-corrected chi connectivity index (χ0v) is 17.7. The lowest BCUT2D eigenvalue weighted by molar-refractivity contribution is 0.375. The Morgan fingerprint density at radius 3 is 2.25 bits per heavy atom. The van der Waals surface area contributed by atoms with Crippen LogP contribution in [-0.4, -0.2) is 27.3 Å². The highest BCUT2D eigenvalue weighted by molar-refractivity contribution is 7.93. The van der Waals surface area contributed by atoms with Crippen LogP contribution in [0.4, 0.5) is 0 Å². The molecule has 0 bridgehead atoms. The monoisotopic (exact) mass is 404 g/mol. The molecule has 1 saturated heterocycles. The van der Waals surface area contributed by atoms with Crippen LogP contribution >= 0.6 is 12.0 Å². The van der Waals surface area contributed by atoms with Gasteiger partial charge in [-0.15, -0.1) is 0 Å². The van der Waals surface area contributed by atoms with Gasteiger partial charge in [0.15, 0.2) is 0 Å². The number of phenolic OH excluding ortho intramolecular Hbond substituents is 1. The van der Waals surface area contributed by atoms with E-state index in [1.807, 2.05) is 18.2 Å². The van der Waals surface area contributed by atoms with Crippen LogP contribution in [-0.2, 0) is 17.6 Å². The molecule has 2 aromatic carbocycles. The maximum atomic E-state index is 9.21. The first kappa shape index (κ1) is 22.8. The Hall–Kier alpha value is -1.53. The van der Waals surface area contributed by atoms with E-state index < -0.39 is 0 Å². The Bertz CT molecular complexity index is 745. The molecule has 4 nitrogen and oxygen atoms in total. The van der Waals surface area contributed by atoms with Crippen molar-refractivity contribution in [2.45, 2.75) is 69.5 Å². The third-order valence-corrected chi connectivity index (χ3v) is 6.00. The van der Waals surface area contributed by atoms with Gasteiger partial charge in [0.05, 0.1) is 12.2 Å². The van der Waals surface area contributed by atoms with Crippen molar-refractivity contribution in [1.29, 1.82) is 0 Å². The average Bonchev–Trinajstić information content (AvgIpc) is 3.43. The van der Waals surface area contributed by atoms with E-state index in [0.29, 0.717) is 29.8 Å². The second-order valence-electron chi connectivity index (χ2n) is 7.87. The number of hydrogen-bond donors (Lipinski definition) is 2. The minimum atomic E-state index is 0. The van der Waals surface area contributed by atoms with Crippen LogP contribution in [0, 0.1) is 5.92 Å². The van der Waals surface area contributed by atoms with Gasteiger partial charge in [0.25, 0.3) is 0 Å². The van der Waals surface area contributed by atoms with Crippen LogP contribution in [0.25, 0.3) is 0 Å². The number of hydrogen-bond acceptors (Lipinski definition) is 4. The lowest BCUT2D eigenvalue weighted by Crippen LogP contribution is -2.11. The number of fused-ring (bicyclic) bond motifs is 2. The normalized spacial score (nSPS) is 20.2. The zero-order chi connectivity index (χ0) is 19.4. The molecule has 28 heavy (non-hydrogen) atoms. The van der Waals surface area contributed by atoms with E-state index in [2.05, 4.69) is 32.9 Å². The fraction of sp³-hybridized carbons (Fsp3) is 0.478. The fourth-order valence-electron chi connectivity index (χ4n) is 3.94. The molecule has 0 radical (unpaired) electrons. The van der Waals surface area contributed by atoms with E-state index in [0.717, 1.165) is 29.8 Å². The molecule has 4 rings (SSSR count). The number of benzene rings is 2. The minimum Gasteiger partial charge on any atom is -0.508 e. The Kier molecular flexibility index (Phi) is 8.38. The van der Waals surface area contributed by atoms with Crippen LogP contribution in [0.2, 0.25) is 0 Å². The second-order valence-corrected chi connectivity index (χ2v) is 8.53. The highest BCUT2D eigenvalue weighted by Gasteiger charge is 2.42. The van der Waals surface area contributed by atoms with Gasteiger partial charge in [-0.2, -0.15) is 0 Å². The first-order valence-electron chi connectivity index (χ1n) is 9.89. The van der Waals surface area contributed by atoms with E-state index in [1.54, 1.807) is 12.1 Å². The van der Waals surface area contributed by atoms with Crippen molar-refractivity contribution in [3.63, 3.8) is 0 Å². The summed E-state index contributed by atoms with van der Waals surface area (Å²) in [6.45, 7) is 6.73. The van der Waals surface area contributed by atoms with Gasteiger partial charge in [-0.05, 0) is 59.2 Å². The predicted molar refractivity (Wildman–Crippen MR) is 115 cm³/mol. The van der Waals surface area contributed by atoms with Crippen LogP contribution in [0.3, 0.4) is 0 Å². The Labute approximate surface area is 172 Å². The maximum absolute atomic E-state index is 9.21.